The Bertz CT molecular complexity index is 1490. The van der Waals surface area contributed by atoms with Crippen LogP contribution < -0.4 is 14.9 Å². The van der Waals surface area contributed by atoms with Crippen molar-refractivity contribution in [2.45, 2.75) is 118 Å². The molecule has 0 saturated carbocycles. The molecule has 0 radical (unpaired) electrons. The molecule has 0 atom stereocenters. The van der Waals surface area contributed by atoms with Crippen LogP contribution in [0.3, 0.4) is 0 Å². The topological polar surface area (TPSA) is 57.2 Å². The van der Waals surface area contributed by atoms with Gasteiger partial charge in [0.1, 0.15) is 0 Å². The molecule has 3 aromatic rings. The number of hydrogen-bond acceptors (Lipinski definition) is 5. The molecular formula is C38H52BBr2F3O5. The van der Waals surface area contributed by atoms with E-state index in [0.29, 0.717) is 29.2 Å². The van der Waals surface area contributed by atoms with Crippen LogP contribution in [0.15, 0.2) is 45.3 Å². The van der Waals surface area contributed by atoms with Crippen molar-refractivity contribution in [2.75, 3.05) is 13.2 Å². The fraction of sp³-hybridized carbons (Fsp3) is 0.526. The molecule has 1 heterocycles. The predicted molar refractivity (Wildman–Crippen MR) is 201 cm³/mol. The van der Waals surface area contributed by atoms with Crippen LogP contribution in [-0.2, 0) is 28.6 Å². The van der Waals surface area contributed by atoms with E-state index < -0.39 is 24.1 Å². The highest BCUT2D eigenvalue weighted by molar-refractivity contribution is 9.10. The van der Waals surface area contributed by atoms with Gasteiger partial charge in [0.25, 0.3) is 0 Å². The minimum absolute atomic E-state index is 0.287. The summed E-state index contributed by atoms with van der Waals surface area (Å²) < 4.78 is 65.0. The van der Waals surface area contributed by atoms with Crippen molar-refractivity contribution in [1.82, 2.24) is 0 Å². The summed E-state index contributed by atoms with van der Waals surface area (Å²) in [6.07, 6.45) is 6.35. The van der Waals surface area contributed by atoms with E-state index in [4.69, 9.17) is 23.9 Å². The highest BCUT2D eigenvalue weighted by atomic mass is 79.9. The van der Waals surface area contributed by atoms with Crippen molar-refractivity contribution in [2.24, 2.45) is 0 Å². The number of halogens is 5. The van der Waals surface area contributed by atoms with E-state index in [1.807, 2.05) is 48.5 Å². The zero-order valence-electron chi connectivity index (χ0n) is 30.4. The second-order valence-corrected chi connectivity index (χ2v) is 14.5. The molecule has 1 aliphatic rings. The minimum atomic E-state index is -0.589. The third-order valence-electron chi connectivity index (χ3n) is 8.57. The predicted octanol–water partition coefficient (Wildman–Crippen LogP) is 11.1. The number of rotatable bonds is 12. The number of aromatic hydroxyl groups is 1. The molecule has 0 spiro atoms. The van der Waals surface area contributed by atoms with Gasteiger partial charge < -0.3 is 23.9 Å². The van der Waals surface area contributed by atoms with Crippen molar-refractivity contribution in [1.29, 1.82) is 0 Å². The third-order valence-corrected chi connectivity index (χ3v) is 10.0. The molecule has 0 unspecified atom stereocenters. The first-order valence-corrected chi connectivity index (χ1v) is 18.7. The van der Waals surface area contributed by atoms with Crippen LogP contribution in [0.1, 0.15) is 105 Å². The van der Waals surface area contributed by atoms with Gasteiger partial charge in [-0.05, 0) is 118 Å². The van der Waals surface area contributed by atoms with Crippen molar-refractivity contribution in [3.63, 3.8) is 0 Å². The van der Waals surface area contributed by atoms with Gasteiger partial charge in [-0.2, -0.15) is 0 Å². The van der Waals surface area contributed by atoms with Crippen LogP contribution >= 0.6 is 31.9 Å². The maximum atomic E-state index is 14.4. The number of phenols is 1. The van der Waals surface area contributed by atoms with Gasteiger partial charge in [-0.15, -0.1) is 0 Å². The van der Waals surface area contributed by atoms with E-state index in [0.717, 1.165) is 71.6 Å². The molecule has 272 valence electrons. The number of unbranched alkanes of at least 4 members (excludes halogenated alkanes) is 2. The monoisotopic (exact) mass is 814 g/mol. The van der Waals surface area contributed by atoms with Crippen LogP contribution in [0, 0.1) is 17.5 Å². The Morgan fingerprint density at radius 1 is 0.633 bits per heavy atom. The molecule has 3 aromatic carbocycles. The summed E-state index contributed by atoms with van der Waals surface area (Å²) in [4.78, 5) is 0. The lowest BCUT2D eigenvalue weighted by Crippen LogP contribution is -2.41. The van der Waals surface area contributed by atoms with Gasteiger partial charge in [0.15, 0.2) is 34.7 Å². The Morgan fingerprint density at radius 2 is 1.04 bits per heavy atom. The Hall–Kier alpha value is -2.21. The first-order valence-electron chi connectivity index (χ1n) is 17.1. The van der Waals surface area contributed by atoms with Gasteiger partial charge in [0.05, 0.1) is 24.4 Å². The summed E-state index contributed by atoms with van der Waals surface area (Å²) in [6.45, 7) is 19.3. The Kier molecular flexibility index (Phi) is 17.5. The van der Waals surface area contributed by atoms with Crippen molar-refractivity contribution < 1.29 is 37.1 Å². The largest absolute Gasteiger partial charge is 0.505 e. The summed E-state index contributed by atoms with van der Waals surface area (Å²) in [5, 5.41) is 8.96. The highest BCUT2D eigenvalue weighted by Gasteiger charge is 2.52. The molecule has 4 rings (SSSR count). The Balaban J connectivity index is 0.000000276. The molecule has 1 aliphatic heterocycles. The van der Waals surface area contributed by atoms with Crippen LogP contribution in [0.4, 0.5) is 13.2 Å². The number of benzene rings is 3. The molecule has 49 heavy (non-hydrogen) atoms. The van der Waals surface area contributed by atoms with E-state index >= 15 is 0 Å². The van der Waals surface area contributed by atoms with Gasteiger partial charge >= 0.3 is 7.12 Å². The van der Waals surface area contributed by atoms with Crippen molar-refractivity contribution in [3.8, 4) is 17.2 Å². The summed E-state index contributed by atoms with van der Waals surface area (Å²) in [7, 11) is -0.547. The van der Waals surface area contributed by atoms with Gasteiger partial charge in [-0.3, -0.25) is 0 Å². The summed E-state index contributed by atoms with van der Waals surface area (Å²) in [6, 6.07) is 9.23. The number of hydrogen-bond donors (Lipinski definition) is 1. The number of aryl methyl sites for hydroxylation is 3. The molecule has 0 aliphatic carbocycles. The molecule has 0 aromatic heterocycles. The molecule has 0 bridgehead atoms. The molecule has 5 nitrogen and oxygen atoms in total. The zero-order valence-corrected chi connectivity index (χ0v) is 33.5. The Morgan fingerprint density at radius 3 is 1.49 bits per heavy atom. The molecule has 1 fully saturated rings. The molecule has 11 heteroatoms. The quantitative estimate of drug-likeness (QED) is 0.146. The molecule has 0 amide bonds. The van der Waals surface area contributed by atoms with E-state index in [-0.39, 0.29) is 17.4 Å². The average molecular weight is 816 g/mol. The van der Waals surface area contributed by atoms with Crippen LogP contribution in [0.25, 0.3) is 0 Å². The van der Waals surface area contributed by atoms with Crippen molar-refractivity contribution >= 4 is 44.4 Å². The minimum Gasteiger partial charge on any atom is -0.505 e. The first kappa shape index (κ1) is 43.0. The smallest absolute Gasteiger partial charge is 0.495 e. The van der Waals surface area contributed by atoms with Crippen LogP contribution in [-0.4, -0.2) is 36.6 Å². The molecule has 1 saturated heterocycles. The van der Waals surface area contributed by atoms with E-state index in [2.05, 4.69) is 45.7 Å². The summed E-state index contributed by atoms with van der Waals surface area (Å²) in [5.41, 5.74) is 2.86. The maximum Gasteiger partial charge on any atom is 0.495 e. The number of ether oxygens (including phenoxy) is 2. The first-order chi connectivity index (χ1) is 23.0. The third kappa shape index (κ3) is 12.2. The Labute approximate surface area is 308 Å². The highest BCUT2D eigenvalue weighted by Crippen LogP contribution is 2.37. The summed E-state index contributed by atoms with van der Waals surface area (Å²) in [5.74, 6) is -0.851. The van der Waals surface area contributed by atoms with Gasteiger partial charge in [-0.25, -0.2) is 13.2 Å². The zero-order chi connectivity index (χ0) is 36.9. The lowest BCUT2D eigenvalue weighted by atomic mass is 9.75. The van der Waals surface area contributed by atoms with Gasteiger partial charge in [0.2, 0.25) is 0 Å². The van der Waals surface area contributed by atoms with Crippen LogP contribution in [0.5, 0.6) is 17.2 Å². The number of phenolic OH excluding ortho intramolecular Hbond substituents is 1. The van der Waals surface area contributed by atoms with Gasteiger partial charge in [-0.1, -0.05) is 79.3 Å². The van der Waals surface area contributed by atoms with Crippen molar-refractivity contribution in [3.05, 3.63) is 79.5 Å². The lowest BCUT2D eigenvalue weighted by molar-refractivity contribution is 0.00578. The maximum absolute atomic E-state index is 14.4. The van der Waals surface area contributed by atoms with E-state index in [1.165, 1.54) is 24.3 Å². The van der Waals surface area contributed by atoms with E-state index in [9.17, 15) is 13.2 Å². The average Bonchev–Trinajstić information content (AvgIpc) is 3.27. The summed E-state index contributed by atoms with van der Waals surface area (Å²) >= 11 is 6.52. The second kappa shape index (κ2) is 20.0. The lowest BCUT2D eigenvalue weighted by Gasteiger charge is -2.32. The second-order valence-electron chi connectivity index (χ2n) is 12.8. The molecule has 1 N–H and O–H groups in total. The standard InChI is InChI=1S/C18H28BFO3.C12H16BrFO.C8H8BrFO/c1-7-9-10-21-16-11-13(8-2)14(12-15(16)20)19-22-17(3,4)18(5,6)23-19;1-3-5-6-15-12-7-9(4-2)10(13)8-11(12)14;1-2-5-3-8(11)7(10)4-6(5)9/h11-12H,7-10H2,1-6H3;7-8H,3-6H2,1-2H3;3-4,11H,2H2,1H3. The molecular weight excluding hydrogens is 764 g/mol. The SMILES string of the molecule is CCCCOc1cc(CC)c(B2OC(C)(C)C(C)(C)O2)cc1F.CCCCOc1cc(CC)c(Br)cc1F.CCc1cc(O)c(F)cc1Br. The fourth-order valence-corrected chi connectivity index (χ4v) is 5.87. The fourth-order valence-electron chi connectivity index (χ4n) is 4.67. The van der Waals surface area contributed by atoms with Crippen LogP contribution in [0.2, 0.25) is 0 Å². The van der Waals surface area contributed by atoms with E-state index in [1.54, 1.807) is 12.1 Å². The van der Waals surface area contributed by atoms with Gasteiger partial charge in [0, 0.05) is 8.95 Å². The normalized spacial score (nSPS) is 14.4.